The Hall–Kier alpha value is -1.79. The maximum absolute atomic E-state index is 11.9. The molecule has 0 aromatic carbocycles. The molecule has 1 rings (SSSR count). The number of nitrogen functional groups attached to an aromatic ring is 1. The van der Waals surface area contributed by atoms with Gasteiger partial charge < -0.3 is 10.5 Å². The molecule has 0 aliphatic carbocycles. The molecule has 0 aliphatic rings. The van der Waals surface area contributed by atoms with Crippen molar-refractivity contribution >= 4 is 5.84 Å². The summed E-state index contributed by atoms with van der Waals surface area (Å²) in [7, 11) is 0. The molecule has 0 amide bonds. The van der Waals surface area contributed by atoms with Crippen molar-refractivity contribution in [2.75, 3.05) is 6.61 Å². The van der Waals surface area contributed by atoms with E-state index < -0.39 is 19.2 Å². The van der Waals surface area contributed by atoms with E-state index in [1.165, 1.54) is 6.07 Å². The lowest BCUT2D eigenvalue weighted by molar-refractivity contribution is -0.139. The molecule has 0 unspecified atom stereocenters. The van der Waals surface area contributed by atoms with E-state index >= 15 is 0 Å². The minimum Gasteiger partial charge on any atom is -0.477 e. The van der Waals surface area contributed by atoms with Gasteiger partial charge in [0.2, 0.25) is 5.88 Å². The zero-order chi connectivity index (χ0) is 13.1. The molecule has 0 saturated heterocycles. The number of rotatable bonds is 4. The first-order valence-corrected chi connectivity index (χ1v) is 4.81. The maximum atomic E-state index is 11.9. The summed E-state index contributed by atoms with van der Waals surface area (Å²) in [5.41, 5.74) is 6.04. The zero-order valence-corrected chi connectivity index (χ0v) is 9.14. The van der Waals surface area contributed by atoms with E-state index in [1.54, 1.807) is 13.0 Å². The quantitative estimate of drug-likeness (QED) is 0.631. The predicted molar refractivity (Wildman–Crippen MR) is 56.2 cm³/mol. The molecule has 7 heteroatoms. The van der Waals surface area contributed by atoms with Gasteiger partial charge in [0.25, 0.3) is 0 Å². The summed E-state index contributed by atoms with van der Waals surface area (Å²) >= 11 is 0. The lowest BCUT2D eigenvalue weighted by Gasteiger charge is -2.11. The van der Waals surface area contributed by atoms with E-state index in [2.05, 4.69) is 4.98 Å². The molecule has 0 atom stereocenters. The number of nitrogens with one attached hydrogen (secondary N) is 1. The van der Waals surface area contributed by atoms with E-state index in [-0.39, 0.29) is 17.3 Å². The number of ether oxygens (including phenoxy) is 1. The summed E-state index contributed by atoms with van der Waals surface area (Å²) in [4.78, 5) is 3.90. The number of halogens is 3. The third-order valence-electron chi connectivity index (χ3n) is 1.91. The molecule has 0 spiro atoms. The molecule has 1 aromatic rings. The number of amidine groups is 1. The number of nitrogens with two attached hydrogens (primary N) is 1. The molecule has 1 heterocycles. The number of alkyl halides is 3. The first-order valence-electron chi connectivity index (χ1n) is 4.81. The van der Waals surface area contributed by atoms with Gasteiger partial charge in [0.05, 0.1) is 18.6 Å². The molecule has 0 saturated carbocycles. The molecule has 17 heavy (non-hydrogen) atoms. The van der Waals surface area contributed by atoms with Crippen LogP contribution in [0.1, 0.15) is 17.7 Å². The van der Waals surface area contributed by atoms with Crippen LogP contribution in [0.3, 0.4) is 0 Å². The second kappa shape index (κ2) is 5.03. The smallest absolute Gasteiger partial charge is 0.392 e. The zero-order valence-electron chi connectivity index (χ0n) is 9.14. The molecule has 1 aromatic heterocycles. The number of nitrogens with zero attached hydrogens (tertiary/aromatic N) is 1. The van der Waals surface area contributed by atoms with Gasteiger partial charge in [-0.2, -0.15) is 13.2 Å². The Bertz CT molecular complexity index is 418. The summed E-state index contributed by atoms with van der Waals surface area (Å²) < 4.78 is 40.7. The van der Waals surface area contributed by atoms with Crippen LogP contribution in [0.2, 0.25) is 0 Å². The Balaban J connectivity index is 2.75. The number of aryl methyl sites for hydroxylation is 1. The van der Waals surface area contributed by atoms with Crippen molar-refractivity contribution in [3.05, 3.63) is 23.4 Å². The Kier molecular flexibility index (Phi) is 3.93. The SMILES string of the molecule is Cc1ccc(C(=N)N)c(OCCC(F)(F)F)n1. The fourth-order valence-electron chi connectivity index (χ4n) is 1.11. The van der Waals surface area contributed by atoms with Gasteiger partial charge in [0.1, 0.15) is 5.84 Å². The lowest BCUT2D eigenvalue weighted by atomic mass is 10.2. The van der Waals surface area contributed by atoms with Crippen molar-refractivity contribution in [2.24, 2.45) is 5.73 Å². The van der Waals surface area contributed by atoms with Crippen molar-refractivity contribution in [1.29, 1.82) is 5.41 Å². The third-order valence-corrected chi connectivity index (χ3v) is 1.91. The van der Waals surface area contributed by atoms with Crippen molar-refractivity contribution < 1.29 is 17.9 Å². The minimum absolute atomic E-state index is 0.0400. The molecular formula is C10H12F3N3O. The number of hydrogen-bond donors (Lipinski definition) is 2. The molecule has 94 valence electrons. The summed E-state index contributed by atoms with van der Waals surface area (Å²) in [6.45, 7) is 1.13. The third kappa shape index (κ3) is 4.29. The Labute approximate surface area is 96.1 Å². The van der Waals surface area contributed by atoms with Gasteiger partial charge in [-0.15, -0.1) is 0 Å². The van der Waals surface area contributed by atoms with E-state index in [0.717, 1.165) is 0 Å². The number of pyridine rings is 1. The monoisotopic (exact) mass is 247 g/mol. The van der Waals surface area contributed by atoms with E-state index in [1.807, 2.05) is 0 Å². The minimum atomic E-state index is -4.28. The van der Waals surface area contributed by atoms with Gasteiger partial charge >= 0.3 is 6.18 Å². The van der Waals surface area contributed by atoms with Gasteiger partial charge in [-0.3, -0.25) is 5.41 Å². The first-order chi connectivity index (χ1) is 7.79. The van der Waals surface area contributed by atoms with Crippen LogP contribution in [-0.2, 0) is 0 Å². The number of aromatic nitrogens is 1. The molecule has 3 N–H and O–H groups in total. The Morgan fingerprint density at radius 2 is 2.12 bits per heavy atom. The second-order valence-electron chi connectivity index (χ2n) is 3.43. The highest BCUT2D eigenvalue weighted by Gasteiger charge is 2.27. The van der Waals surface area contributed by atoms with Crippen LogP contribution in [0.15, 0.2) is 12.1 Å². The largest absolute Gasteiger partial charge is 0.477 e. The average molecular weight is 247 g/mol. The second-order valence-corrected chi connectivity index (χ2v) is 3.43. The molecule has 0 bridgehead atoms. The van der Waals surface area contributed by atoms with E-state index in [9.17, 15) is 13.2 Å². The Morgan fingerprint density at radius 3 is 2.65 bits per heavy atom. The van der Waals surface area contributed by atoms with Gasteiger partial charge in [0.15, 0.2) is 0 Å². The standard InChI is InChI=1S/C10H12F3N3O/c1-6-2-3-7(8(14)15)9(16-6)17-5-4-10(11,12)13/h2-3H,4-5H2,1H3,(H3,14,15). The number of hydrogen-bond acceptors (Lipinski definition) is 3. The van der Waals surface area contributed by atoms with Crippen LogP contribution in [0.4, 0.5) is 13.2 Å². The Morgan fingerprint density at radius 1 is 1.47 bits per heavy atom. The highest BCUT2D eigenvalue weighted by Crippen LogP contribution is 2.21. The average Bonchev–Trinajstić information content (AvgIpc) is 2.15. The first kappa shape index (κ1) is 13.3. The fraction of sp³-hybridized carbons (Fsp3) is 0.400. The molecule has 0 fully saturated rings. The summed E-state index contributed by atoms with van der Waals surface area (Å²) in [5, 5.41) is 7.24. The van der Waals surface area contributed by atoms with Crippen LogP contribution in [0.5, 0.6) is 5.88 Å². The summed E-state index contributed by atoms with van der Waals surface area (Å²) in [6.07, 6.45) is -5.35. The van der Waals surface area contributed by atoms with Crippen molar-refractivity contribution in [3.8, 4) is 5.88 Å². The highest BCUT2D eigenvalue weighted by molar-refractivity contribution is 5.97. The summed E-state index contributed by atoms with van der Waals surface area (Å²) in [6, 6.07) is 3.10. The van der Waals surface area contributed by atoms with Crippen LogP contribution in [0, 0.1) is 12.3 Å². The van der Waals surface area contributed by atoms with Crippen LogP contribution in [0.25, 0.3) is 0 Å². The molecule has 4 nitrogen and oxygen atoms in total. The van der Waals surface area contributed by atoms with E-state index in [4.69, 9.17) is 15.9 Å². The van der Waals surface area contributed by atoms with Crippen molar-refractivity contribution in [2.45, 2.75) is 19.5 Å². The normalized spacial score (nSPS) is 11.3. The van der Waals surface area contributed by atoms with Gasteiger partial charge in [-0.1, -0.05) is 0 Å². The van der Waals surface area contributed by atoms with Gasteiger partial charge in [-0.25, -0.2) is 4.98 Å². The lowest BCUT2D eigenvalue weighted by Crippen LogP contribution is -2.17. The summed E-state index contributed by atoms with van der Waals surface area (Å²) in [5.74, 6) is -0.332. The molecule has 0 radical (unpaired) electrons. The van der Waals surface area contributed by atoms with Crippen LogP contribution in [-0.4, -0.2) is 23.6 Å². The van der Waals surface area contributed by atoms with Crippen molar-refractivity contribution in [3.63, 3.8) is 0 Å². The van der Waals surface area contributed by atoms with Gasteiger partial charge in [-0.05, 0) is 19.1 Å². The topological polar surface area (TPSA) is 72.0 Å². The highest BCUT2D eigenvalue weighted by atomic mass is 19.4. The van der Waals surface area contributed by atoms with Crippen molar-refractivity contribution in [1.82, 2.24) is 4.98 Å². The predicted octanol–water partition coefficient (Wildman–Crippen LogP) is 2.01. The maximum Gasteiger partial charge on any atom is 0.392 e. The molecule has 0 aliphatic heterocycles. The van der Waals surface area contributed by atoms with E-state index in [0.29, 0.717) is 5.69 Å². The van der Waals surface area contributed by atoms with Gasteiger partial charge in [0, 0.05) is 5.69 Å². The molecular weight excluding hydrogens is 235 g/mol. The van der Waals surface area contributed by atoms with Crippen LogP contribution < -0.4 is 10.5 Å². The van der Waals surface area contributed by atoms with Crippen LogP contribution >= 0.6 is 0 Å². The fourth-order valence-corrected chi connectivity index (χ4v) is 1.11.